The fourth-order valence-corrected chi connectivity index (χ4v) is 1.16. The summed E-state index contributed by atoms with van der Waals surface area (Å²) < 4.78 is 4.87. The highest BCUT2D eigenvalue weighted by Gasteiger charge is 2.22. The summed E-state index contributed by atoms with van der Waals surface area (Å²) in [7, 11) is 0. The molecule has 0 aromatic rings. The number of carbonyl (C=O) groups excluding carboxylic acids is 1. The average Bonchev–Trinajstić information content (AvgIpc) is 1.85. The highest BCUT2D eigenvalue weighted by molar-refractivity contribution is 5.68. The predicted octanol–water partition coefficient (Wildman–Crippen LogP) is 1.28. The van der Waals surface area contributed by atoms with Gasteiger partial charge >= 0.3 is 6.09 Å². The fourth-order valence-electron chi connectivity index (χ4n) is 1.16. The molecule has 2 atom stereocenters. The Morgan fingerprint density at radius 3 is 3.00 bits per heavy atom. The second kappa shape index (κ2) is 2.90. The largest absolute Gasteiger partial charge is 0.446 e. The van der Waals surface area contributed by atoms with Crippen LogP contribution in [0.1, 0.15) is 26.7 Å². The van der Waals surface area contributed by atoms with Gasteiger partial charge in [0.1, 0.15) is 6.10 Å². The van der Waals surface area contributed by atoms with Crippen LogP contribution >= 0.6 is 0 Å². The van der Waals surface area contributed by atoms with E-state index in [1.54, 1.807) is 0 Å². The first-order valence-corrected chi connectivity index (χ1v) is 3.69. The Kier molecular flexibility index (Phi) is 2.14. The standard InChI is InChI=1S/C7H13NO2/c1-3-6-4-5(2)10-7(9)8-6/h5-6H,3-4H2,1-2H3,(H,8,9). The number of hydrogen-bond acceptors (Lipinski definition) is 2. The Morgan fingerprint density at radius 1 is 1.80 bits per heavy atom. The van der Waals surface area contributed by atoms with Gasteiger partial charge in [0.2, 0.25) is 0 Å². The van der Waals surface area contributed by atoms with Crippen molar-refractivity contribution in [3.8, 4) is 0 Å². The van der Waals surface area contributed by atoms with Gasteiger partial charge in [-0.25, -0.2) is 4.79 Å². The third-order valence-electron chi connectivity index (χ3n) is 1.74. The van der Waals surface area contributed by atoms with Crippen molar-refractivity contribution < 1.29 is 9.53 Å². The van der Waals surface area contributed by atoms with Crippen LogP contribution < -0.4 is 5.32 Å². The Labute approximate surface area is 60.7 Å². The molecule has 0 saturated carbocycles. The van der Waals surface area contributed by atoms with Gasteiger partial charge in [-0.2, -0.15) is 0 Å². The first kappa shape index (κ1) is 7.38. The van der Waals surface area contributed by atoms with Gasteiger partial charge < -0.3 is 10.1 Å². The summed E-state index contributed by atoms with van der Waals surface area (Å²) in [5, 5.41) is 2.74. The molecule has 10 heavy (non-hydrogen) atoms. The van der Waals surface area contributed by atoms with Crippen molar-refractivity contribution in [1.82, 2.24) is 5.32 Å². The minimum absolute atomic E-state index is 0.0821. The normalized spacial score (nSPS) is 32.8. The molecule has 1 aliphatic rings. The maximum atomic E-state index is 10.7. The Hall–Kier alpha value is -0.730. The number of nitrogens with one attached hydrogen (secondary N) is 1. The molecule has 1 rings (SSSR count). The predicted molar refractivity (Wildman–Crippen MR) is 37.8 cm³/mol. The van der Waals surface area contributed by atoms with Crippen LogP contribution in [-0.2, 0) is 4.74 Å². The van der Waals surface area contributed by atoms with Crippen molar-refractivity contribution in [1.29, 1.82) is 0 Å². The van der Waals surface area contributed by atoms with Gasteiger partial charge in [-0.15, -0.1) is 0 Å². The summed E-state index contributed by atoms with van der Waals surface area (Å²) in [4.78, 5) is 10.7. The van der Waals surface area contributed by atoms with Crippen LogP contribution in [0.25, 0.3) is 0 Å². The SMILES string of the molecule is CCC1CC(C)OC(=O)N1. The van der Waals surface area contributed by atoms with E-state index in [9.17, 15) is 4.79 Å². The highest BCUT2D eigenvalue weighted by atomic mass is 16.6. The van der Waals surface area contributed by atoms with Crippen LogP contribution in [0.5, 0.6) is 0 Å². The molecule has 0 radical (unpaired) electrons. The van der Waals surface area contributed by atoms with Crippen molar-refractivity contribution in [2.75, 3.05) is 0 Å². The molecule has 1 amide bonds. The minimum Gasteiger partial charge on any atom is -0.446 e. The van der Waals surface area contributed by atoms with Crippen molar-refractivity contribution in [2.24, 2.45) is 0 Å². The van der Waals surface area contributed by atoms with E-state index < -0.39 is 0 Å². The molecule has 3 nitrogen and oxygen atoms in total. The Bertz CT molecular complexity index is 136. The number of hydrogen-bond donors (Lipinski definition) is 1. The van der Waals surface area contributed by atoms with Gasteiger partial charge in [-0.1, -0.05) is 6.92 Å². The zero-order valence-electron chi connectivity index (χ0n) is 6.39. The smallest absolute Gasteiger partial charge is 0.407 e. The summed E-state index contributed by atoms with van der Waals surface area (Å²) in [6.45, 7) is 3.98. The third kappa shape index (κ3) is 1.62. The molecule has 1 heterocycles. The molecule has 58 valence electrons. The molecule has 1 aliphatic heterocycles. The van der Waals surface area contributed by atoms with Gasteiger partial charge in [0.15, 0.2) is 0 Å². The van der Waals surface area contributed by atoms with Crippen LogP contribution in [0, 0.1) is 0 Å². The molecule has 1 N–H and O–H groups in total. The van der Waals surface area contributed by atoms with E-state index in [1.165, 1.54) is 0 Å². The quantitative estimate of drug-likeness (QED) is 0.600. The van der Waals surface area contributed by atoms with Gasteiger partial charge in [-0.05, 0) is 13.3 Å². The minimum atomic E-state index is -0.273. The summed E-state index contributed by atoms with van der Waals surface area (Å²) in [5.74, 6) is 0. The van der Waals surface area contributed by atoms with E-state index in [2.05, 4.69) is 12.2 Å². The lowest BCUT2D eigenvalue weighted by Gasteiger charge is -2.26. The monoisotopic (exact) mass is 143 g/mol. The molecule has 0 aliphatic carbocycles. The number of alkyl carbamates (subject to hydrolysis) is 1. The lowest BCUT2D eigenvalue weighted by molar-refractivity contribution is 0.0681. The summed E-state index contributed by atoms with van der Waals surface area (Å²) in [5.41, 5.74) is 0. The molecular formula is C7H13NO2. The van der Waals surface area contributed by atoms with E-state index in [0.29, 0.717) is 6.04 Å². The number of carbonyl (C=O) groups is 1. The van der Waals surface area contributed by atoms with Crippen LogP contribution in [0.3, 0.4) is 0 Å². The van der Waals surface area contributed by atoms with E-state index >= 15 is 0 Å². The maximum Gasteiger partial charge on any atom is 0.407 e. The summed E-state index contributed by atoms with van der Waals surface area (Å²) in [6, 6.07) is 0.316. The summed E-state index contributed by atoms with van der Waals surface area (Å²) in [6.07, 6.45) is 1.73. The lowest BCUT2D eigenvalue weighted by Crippen LogP contribution is -2.44. The van der Waals surface area contributed by atoms with Crippen molar-refractivity contribution in [3.05, 3.63) is 0 Å². The molecule has 1 saturated heterocycles. The van der Waals surface area contributed by atoms with Crippen molar-refractivity contribution in [2.45, 2.75) is 38.8 Å². The van der Waals surface area contributed by atoms with Crippen LogP contribution in [0.4, 0.5) is 4.79 Å². The molecule has 0 bridgehead atoms. The Morgan fingerprint density at radius 2 is 2.50 bits per heavy atom. The second-order valence-electron chi connectivity index (χ2n) is 2.70. The van der Waals surface area contributed by atoms with E-state index in [4.69, 9.17) is 4.74 Å². The molecule has 0 spiro atoms. The number of amides is 1. The fraction of sp³-hybridized carbons (Fsp3) is 0.857. The molecule has 1 fully saturated rings. The van der Waals surface area contributed by atoms with E-state index in [1.807, 2.05) is 6.92 Å². The first-order valence-electron chi connectivity index (χ1n) is 3.69. The van der Waals surface area contributed by atoms with Crippen LogP contribution in [0.2, 0.25) is 0 Å². The van der Waals surface area contributed by atoms with E-state index in [0.717, 1.165) is 12.8 Å². The zero-order chi connectivity index (χ0) is 7.56. The number of ether oxygens (including phenoxy) is 1. The lowest BCUT2D eigenvalue weighted by atomic mass is 10.1. The molecule has 0 aromatic heterocycles. The topological polar surface area (TPSA) is 38.3 Å². The van der Waals surface area contributed by atoms with Crippen molar-refractivity contribution >= 4 is 6.09 Å². The van der Waals surface area contributed by atoms with E-state index in [-0.39, 0.29) is 12.2 Å². The third-order valence-corrected chi connectivity index (χ3v) is 1.74. The average molecular weight is 143 g/mol. The molecule has 0 aromatic carbocycles. The maximum absolute atomic E-state index is 10.7. The van der Waals surface area contributed by atoms with Crippen LogP contribution in [-0.4, -0.2) is 18.2 Å². The summed E-state index contributed by atoms with van der Waals surface area (Å²) >= 11 is 0. The number of rotatable bonds is 1. The van der Waals surface area contributed by atoms with Crippen LogP contribution in [0.15, 0.2) is 0 Å². The first-order chi connectivity index (χ1) is 4.72. The van der Waals surface area contributed by atoms with Crippen molar-refractivity contribution in [3.63, 3.8) is 0 Å². The second-order valence-corrected chi connectivity index (χ2v) is 2.70. The van der Waals surface area contributed by atoms with Gasteiger partial charge in [-0.3, -0.25) is 0 Å². The van der Waals surface area contributed by atoms with Gasteiger partial charge in [0, 0.05) is 12.5 Å². The Balaban J connectivity index is 2.42. The van der Waals surface area contributed by atoms with Gasteiger partial charge in [0.05, 0.1) is 0 Å². The zero-order valence-corrected chi connectivity index (χ0v) is 6.39. The number of cyclic esters (lactones) is 1. The highest BCUT2D eigenvalue weighted by Crippen LogP contribution is 2.10. The molecule has 2 unspecified atom stereocenters. The van der Waals surface area contributed by atoms with Gasteiger partial charge in [0.25, 0.3) is 0 Å². The molecule has 3 heteroatoms. The molecular weight excluding hydrogens is 130 g/mol.